The summed E-state index contributed by atoms with van der Waals surface area (Å²) in [5.41, 5.74) is 0. The van der Waals surface area contributed by atoms with Gasteiger partial charge >= 0.3 is 0 Å². The Morgan fingerprint density at radius 1 is 0.583 bits per heavy atom. The lowest BCUT2D eigenvalue weighted by molar-refractivity contribution is 1.50. The molecule has 66 valence electrons. The van der Waals surface area contributed by atoms with Crippen molar-refractivity contribution in [3.63, 3.8) is 0 Å². The quantitative estimate of drug-likeness (QED) is 0.265. The van der Waals surface area contributed by atoms with Crippen LogP contribution in [-0.2, 0) is 0 Å². The van der Waals surface area contributed by atoms with Gasteiger partial charge in [0.2, 0.25) is 0 Å². The summed E-state index contributed by atoms with van der Waals surface area (Å²) in [6.45, 7) is 0. The largest absolute Gasteiger partial charge is 0.103 e. The van der Waals surface area contributed by atoms with Crippen LogP contribution in [0.3, 0.4) is 0 Å². The molecule has 1 aromatic rings. The normalized spacial score (nSPS) is 10.5. The number of hydrogen-bond donors (Lipinski definition) is 0. The first-order valence-electron chi connectivity index (χ1n) is 2.73. The van der Waals surface area contributed by atoms with Gasteiger partial charge < -0.3 is 0 Å². The topological polar surface area (TPSA) is 0 Å². The second-order valence-corrected chi connectivity index (χ2v) is 6.53. The number of rotatable bonds is 0. The molecule has 0 aliphatic rings. The molecule has 0 radical (unpaired) electrons. The fraction of sp³-hybridized carbons (Fsp3) is 0. The van der Waals surface area contributed by atoms with Crippen molar-refractivity contribution < 1.29 is 0 Å². The van der Waals surface area contributed by atoms with Crippen LogP contribution in [0.5, 0.6) is 0 Å². The fourth-order valence-electron chi connectivity index (χ4n) is 0.622. The van der Waals surface area contributed by atoms with Gasteiger partial charge in [0.1, 0.15) is 0 Å². The second-order valence-electron chi connectivity index (χ2n) is 1.98. The Kier molecular flexibility index (Phi) is 4.76. The highest BCUT2D eigenvalue weighted by Crippen LogP contribution is 2.40. The standard InChI is InChI=1S/C6H2Br5P/c7-1-2(8)4(10)6(12)5(11)3(1)9/h12H2. The van der Waals surface area contributed by atoms with Crippen LogP contribution in [-0.4, -0.2) is 0 Å². The summed E-state index contributed by atoms with van der Waals surface area (Å²) in [4.78, 5) is 0. The van der Waals surface area contributed by atoms with E-state index in [9.17, 15) is 0 Å². The molecule has 0 aromatic heterocycles. The summed E-state index contributed by atoms with van der Waals surface area (Å²) in [7, 11) is 2.66. The van der Waals surface area contributed by atoms with Crippen LogP contribution < -0.4 is 5.30 Å². The minimum absolute atomic E-state index is 0.993. The number of hydrogen-bond acceptors (Lipinski definition) is 0. The van der Waals surface area contributed by atoms with E-state index in [-0.39, 0.29) is 0 Å². The summed E-state index contributed by atoms with van der Waals surface area (Å²) < 4.78 is 5.04. The molecule has 1 aromatic carbocycles. The molecule has 0 aliphatic heterocycles. The lowest BCUT2D eigenvalue weighted by atomic mass is 10.4. The third-order valence-electron chi connectivity index (χ3n) is 1.24. The Morgan fingerprint density at radius 3 is 1.17 bits per heavy atom. The first kappa shape index (κ1) is 12.1. The zero-order valence-electron chi connectivity index (χ0n) is 5.47. The van der Waals surface area contributed by atoms with Crippen molar-refractivity contribution in [2.75, 3.05) is 0 Å². The molecule has 0 aliphatic carbocycles. The van der Waals surface area contributed by atoms with Crippen LogP contribution in [0.15, 0.2) is 22.4 Å². The lowest BCUT2D eigenvalue weighted by Gasteiger charge is -2.09. The molecule has 1 atom stereocenters. The van der Waals surface area contributed by atoms with Crippen molar-refractivity contribution in [3.8, 4) is 0 Å². The minimum atomic E-state index is 0.993. The zero-order valence-corrected chi connectivity index (χ0v) is 14.6. The van der Waals surface area contributed by atoms with Gasteiger partial charge in [-0.05, 0) is 79.6 Å². The van der Waals surface area contributed by atoms with Crippen molar-refractivity contribution in [1.29, 1.82) is 0 Å². The number of benzene rings is 1. The molecule has 1 unspecified atom stereocenters. The molecule has 0 saturated heterocycles. The van der Waals surface area contributed by atoms with E-state index in [1.807, 2.05) is 0 Å². The van der Waals surface area contributed by atoms with E-state index >= 15 is 0 Å². The summed E-state index contributed by atoms with van der Waals surface area (Å²) in [6, 6.07) is 0. The Bertz CT molecular complexity index is 230. The lowest BCUT2D eigenvalue weighted by Crippen LogP contribution is -1.98. The molecule has 12 heavy (non-hydrogen) atoms. The summed E-state index contributed by atoms with van der Waals surface area (Å²) in [6.07, 6.45) is 0. The van der Waals surface area contributed by atoms with E-state index in [1.165, 1.54) is 0 Å². The first-order chi connectivity index (χ1) is 5.46. The maximum absolute atomic E-state index is 3.47. The van der Waals surface area contributed by atoms with E-state index in [0.717, 1.165) is 27.7 Å². The molecule has 0 amide bonds. The summed E-state index contributed by atoms with van der Waals surface area (Å²) in [5, 5.41) is 1.08. The molecule has 0 heterocycles. The van der Waals surface area contributed by atoms with E-state index in [0.29, 0.717) is 0 Å². The Hall–Kier alpha value is 2.05. The highest BCUT2D eigenvalue weighted by Gasteiger charge is 2.14. The van der Waals surface area contributed by atoms with Gasteiger partial charge in [-0.25, -0.2) is 0 Å². The second kappa shape index (κ2) is 4.71. The Balaban J connectivity index is 3.60. The first-order valence-corrected chi connectivity index (χ1v) is 7.28. The SMILES string of the molecule is Pc1c(Br)c(Br)c(Br)c(Br)c1Br. The highest BCUT2D eigenvalue weighted by molar-refractivity contribution is 9.15. The molecule has 0 N–H and O–H groups in total. The van der Waals surface area contributed by atoms with Crippen molar-refractivity contribution >= 4 is 94.2 Å². The number of halogens is 5. The van der Waals surface area contributed by atoms with E-state index < -0.39 is 0 Å². The van der Waals surface area contributed by atoms with E-state index in [2.05, 4.69) is 88.9 Å². The van der Waals surface area contributed by atoms with Gasteiger partial charge in [-0.3, -0.25) is 0 Å². The molecular formula is C6H2Br5P. The van der Waals surface area contributed by atoms with Gasteiger partial charge in [0.25, 0.3) is 0 Å². The van der Waals surface area contributed by atoms with Crippen LogP contribution in [0, 0.1) is 0 Å². The molecule has 0 fully saturated rings. The maximum Gasteiger partial charge on any atom is 0.0482 e. The summed E-state index contributed by atoms with van der Waals surface area (Å²) >= 11 is 17.3. The van der Waals surface area contributed by atoms with Crippen molar-refractivity contribution in [1.82, 2.24) is 0 Å². The Morgan fingerprint density at radius 2 is 0.833 bits per heavy atom. The minimum Gasteiger partial charge on any atom is -0.103 e. The monoisotopic (exact) mass is 500 g/mol. The van der Waals surface area contributed by atoms with Crippen LogP contribution in [0.2, 0.25) is 0 Å². The maximum atomic E-state index is 3.47. The average Bonchev–Trinajstić information content (AvgIpc) is 2.08. The summed E-state index contributed by atoms with van der Waals surface area (Å²) in [5.74, 6) is 0. The molecule has 0 spiro atoms. The molecule has 0 saturated carbocycles. The van der Waals surface area contributed by atoms with Crippen LogP contribution in [0.1, 0.15) is 0 Å². The predicted molar refractivity (Wildman–Crippen MR) is 74.3 cm³/mol. The highest BCUT2D eigenvalue weighted by atomic mass is 79.9. The fourth-order valence-corrected chi connectivity index (χ4v) is 4.41. The molecule has 6 heteroatoms. The van der Waals surface area contributed by atoms with Crippen LogP contribution >= 0.6 is 88.9 Å². The van der Waals surface area contributed by atoms with Gasteiger partial charge in [0.15, 0.2) is 0 Å². The predicted octanol–water partition coefficient (Wildman–Crippen LogP) is 5.00. The third kappa shape index (κ3) is 2.17. The smallest absolute Gasteiger partial charge is 0.0482 e. The van der Waals surface area contributed by atoms with Crippen LogP contribution in [0.4, 0.5) is 0 Å². The Labute approximate surface area is 115 Å². The van der Waals surface area contributed by atoms with Crippen molar-refractivity contribution in [2.45, 2.75) is 0 Å². The van der Waals surface area contributed by atoms with Crippen molar-refractivity contribution in [3.05, 3.63) is 22.4 Å². The van der Waals surface area contributed by atoms with Crippen molar-refractivity contribution in [2.24, 2.45) is 0 Å². The third-order valence-corrected chi connectivity index (χ3v) is 8.82. The van der Waals surface area contributed by atoms with Gasteiger partial charge in [-0.2, -0.15) is 0 Å². The molecular weight excluding hydrogens is 503 g/mol. The van der Waals surface area contributed by atoms with E-state index in [1.54, 1.807) is 0 Å². The van der Waals surface area contributed by atoms with Gasteiger partial charge in [-0.1, -0.05) is 0 Å². The van der Waals surface area contributed by atoms with Gasteiger partial charge in [0.05, 0.1) is 0 Å². The molecule has 1 rings (SSSR count). The zero-order chi connectivity index (χ0) is 9.46. The van der Waals surface area contributed by atoms with E-state index in [4.69, 9.17) is 0 Å². The van der Waals surface area contributed by atoms with Gasteiger partial charge in [0, 0.05) is 27.7 Å². The molecule has 0 bridgehead atoms. The van der Waals surface area contributed by atoms with Crippen LogP contribution in [0.25, 0.3) is 0 Å². The van der Waals surface area contributed by atoms with Gasteiger partial charge in [-0.15, -0.1) is 9.24 Å². The average molecular weight is 505 g/mol. The molecule has 0 nitrogen and oxygen atoms in total.